The molecule has 5 aliphatic carbocycles. The lowest BCUT2D eigenvalue weighted by atomic mass is 9.53. The topological polar surface area (TPSA) is 32.3 Å². The molecule has 19 heavy (non-hydrogen) atoms. The summed E-state index contributed by atoms with van der Waals surface area (Å²) in [5, 5.41) is 14.6. The maximum atomic E-state index is 10.7. The molecule has 0 saturated heterocycles. The van der Waals surface area contributed by atoms with Gasteiger partial charge in [0.15, 0.2) is 0 Å². The Bertz CT molecular complexity index is 310. The average molecular weight is 263 g/mol. The molecule has 108 valence electrons. The van der Waals surface area contributed by atoms with Gasteiger partial charge in [-0.3, -0.25) is 0 Å². The van der Waals surface area contributed by atoms with Gasteiger partial charge in [-0.1, -0.05) is 19.3 Å². The third kappa shape index (κ3) is 2.35. The highest BCUT2D eigenvalue weighted by Gasteiger charge is 2.51. The largest absolute Gasteiger partial charge is 0.389 e. The number of aliphatic hydroxyl groups is 1. The lowest BCUT2D eigenvalue weighted by molar-refractivity contribution is -0.0470. The predicted molar refractivity (Wildman–Crippen MR) is 76.9 cm³/mol. The van der Waals surface area contributed by atoms with Crippen molar-refractivity contribution in [3.63, 3.8) is 0 Å². The Hall–Kier alpha value is -0.0800. The molecule has 0 atom stereocenters. The standard InChI is InChI=1S/C17H29NO/c19-17(4-2-1-3-5-17)12-18-16-9-13-6-14(10-16)8-15(7-13)11-16/h13-15,18-19H,1-12H2. The first-order valence-electron chi connectivity index (χ1n) is 8.62. The summed E-state index contributed by atoms with van der Waals surface area (Å²) in [5.41, 5.74) is 0.0313. The fourth-order valence-corrected chi connectivity index (χ4v) is 6.07. The van der Waals surface area contributed by atoms with Crippen molar-refractivity contribution in [2.45, 2.75) is 81.8 Å². The van der Waals surface area contributed by atoms with Crippen LogP contribution in [0.25, 0.3) is 0 Å². The molecule has 2 nitrogen and oxygen atoms in total. The van der Waals surface area contributed by atoms with Crippen LogP contribution in [0.3, 0.4) is 0 Å². The van der Waals surface area contributed by atoms with E-state index in [1.165, 1.54) is 57.8 Å². The summed E-state index contributed by atoms with van der Waals surface area (Å²) in [4.78, 5) is 0. The third-order valence-electron chi connectivity index (χ3n) is 6.61. The third-order valence-corrected chi connectivity index (χ3v) is 6.61. The van der Waals surface area contributed by atoms with Crippen LogP contribution in [0.4, 0.5) is 0 Å². The maximum absolute atomic E-state index is 10.7. The number of rotatable bonds is 3. The van der Waals surface area contributed by atoms with E-state index in [2.05, 4.69) is 5.32 Å². The average Bonchev–Trinajstić information content (AvgIpc) is 2.36. The van der Waals surface area contributed by atoms with Gasteiger partial charge >= 0.3 is 0 Å². The van der Waals surface area contributed by atoms with Crippen molar-refractivity contribution < 1.29 is 5.11 Å². The quantitative estimate of drug-likeness (QED) is 0.819. The predicted octanol–water partition coefficient (Wildman–Crippen LogP) is 3.24. The number of hydrogen-bond acceptors (Lipinski definition) is 2. The van der Waals surface area contributed by atoms with E-state index in [0.717, 1.165) is 37.1 Å². The molecule has 0 radical (unpaired) electrons. The zero-order valence-electron chi connectivity index (χ0n) is 12.2. The second-order valence-electron chi connectivity index (χ2n) is 8.34. The zero-order valence-corrected chi connectivity index (χ0v) is 12.2. The Labute approximate surface area is 117 Å². The molecular formula is C17H29NO. The fraction of sp³-hybridized carbons (Fsp3) is 1.00. The minimum atomic E-state index is -0.387. The molecule has 5 rings (SSSR count). The normalized spacial score (nSPS) is 47.5. The first kappa shape index (κ1) is 12.6. The van der Waals surface area contributed by atoms with Crippen LogP contribution in [0.1, 0.15) is 70.6 Å². The maximum Gasteiger partial charge on any atom is 0.0771 e. The molecule has 5 aliphatic rings. The minimum absolute atomic E-state index is 0.387. The van der Waals surface area contributed by atoms with E-state index in [0.29, 0.717) is 5.54 Å². The SMILES string of the molecule is OC1(CNC23CC4CC(CC(C4)C2)C3)CCCCC1. The lowest BCUT2D eigenvalue weighted by Crippen LogP contribution is -2.61. The van der Waals surface area contributed by atoms with Crippen LogP contribution in [-0.4, -0.2) is 22.8 Å². The van der Waals surface area contributed by atoms with Crippen molar-refractivity contribution in [3.8, 4) is 0 Å². The van der Waals surface area contributed by atoms with Gasteiger partial charge < -0.3 is 10.4 Å². The molecule has 0 aromatic heterocycles. The van der Waals surface area contributed by atoms with Crippen LogP contribution in [0, 0.1) is 17.8 Å². The van der Waals surface area contributed by atoms with Crippen molar-refractivity contribution in [2.24, 2.45) is 17.8 Å². The highest BCUT2D eigenvalue weighted by atomic mass is 16.3. The fourth-order valence-electron chi connectivity index (χ4n) is 6.07. The molecule has 0 spiro atoms. The molecular weight excluding hydrogens is 234 g/mol. The van der Waals surface area contributed by atoms with Crippen LogP contribution in [0.2, 0.25) is 0 Å². The summed E-state index contributed by atoms with van der Waals surface area (Å²) >= 11 is 0. The molecule has 0 amide bonds. The van der Waals surface area contributed by atoms with Crippen molar-refractivity contribution in [2.75, 3.05) is 6.54 Å². The van der Waals surface area contributed by atoms with E-state index in [4.69, 9.17) is 0 Å². The monoisotopic (exact) mass is 263 g/mol. The van der Waals surface area contributed by atoms with Crippen molar-refractivity contribution in [3.05, 3.63) is 0 Å². The van der Waals surface area contributed by atoms with E-state index >= 15 is 0 Å². The van der Waals surface area contributed by atoms with Crippen molar-refractivity contribution in [1.29, 1.82) is 0 Å². The first-order chi connectivity index (χ1) is 9.15. The summed E-state index contributed by atoms with van der Waals surface area (Å²) < 4.78 is 0. The van der Waals surface area contributed by atoms with Crippen LogP contribution >= 0.6 is 0 Å². The smallest absolute Gasteiger partial charge is 0.0771 e. The van der Waals surface area contributed by atoms with E-state index < -0.39 is 0 Å². The summed E-state index contributed by atoms with van der Waals surface area (Å²) in [6.45, 7) is 0.860. The Morgan fingerprint density at radius 2 is 1.37 bits per heavy atom. The van der Waals surface area contributed by atoms with Crippen LogP contribution in [-0.2, 0) is 0 Å². The zero-order chi connectivity index (χ0) is 12.9. The van der Waals surface area contributed by atoms with Gasteiger partial charge in [0.2, 0.25) is 0 Å². The molecule has 5 fully saturated rings. The molecule has 2 heteroatoms. The molecule has 0 unspecified atom stereocenters. The Morgan fingerprint density at radius 1 is 0.842 bits per heavy atom. The van der Waals surface area contributed by atoms with E-state index in [-0.39, 0.29) is 5.60 Å². The lowest BCUT2D eigenvalue weighted by Gasteiger charge is -2.57. The number of β-amino-alcohol motifs (C(OH)–C–C–N with tert-alkyl or cyclic N) is 1. The van der Waals surface area contributed by atoms with Gasteiger partial charge in [-0.25, -0.2) is 0 Å². The van der Waals surface area contributed by atoms with Gasteiger partial charge in [0.1, 0.15) is 0 Å². The Balaban J connectivity index is 1.42. The summed E-state index contributed by atoms with van der Waals surface area (Å²) in [5.74, 6) is 3.00. The summed E-state index contributed by atoms with van der Waals surface area (Å²) in [7, 11) is 0. The Kier molecular flexibility index (Phi) is 2.97. The molecule has 5 saturated carbocycles. The highest BCUT2D eigenvalue weighted by Crippen LogP contribution is 2.55. The van der Waals surface area contributed by atoms with E-state index in [1.807, 2.05) is 0 Å². The first-order valence-corrected chi connectivity index (χ1v) is 8.62. The van der Waals surface area contributed by atoms with Crippen LogP contribution < -0.4 is 5.32 Å². The van der Waals surface area contributed by atoms with Crippen molar-refractivity contribution in [1.82, 2.24) is 5.32 Å². The summed E-state index contributed by atoms with van der Waals surface area (Å²) in [6, 6.07) is 0. The van der Waals surface area contributed by atoms with Gasteiger partial charge in [-0.2, -0.15) is 0 Å². The highest BCUT2D eigenvalue weighted by molar-refractivity contribution is 5.07. The van der Waals surface area contributed by atoms with Crippen LogP contribution in [0.5, 0.6) is 0 Å². The van der Waals surface area contributed by atoms with Gasteiger partial charge in [-0.05, 0) is 69.1 Å². The second kappa shape index (κ2) is 4.46. The van der Waals surface area contributed by atoms with Crippen LogP contribution in [0.15, 0.2) is 0 Å². The summed E-state index contributed by atoms with van der Waals surface area (Å²) in [6.07, 6.45) is 14.5. The van der Waals surface area contributed by atoms with Gasteiger partial charge in [0, 0.05) is 12.1 Å². The number of nitrogens with one attached hydrogen (secondary N) is 1. The Morgan fingerprint density at radius 3 is 1.89 bits per heavy atom. The van der Waals surface area contributed by atoms with E-state index in [9.17, 15) is 5.11 Å². The molecule has 0 heterocycles. The molecule has 0 aliphatic heterocycles. The van der Waals surface area contributed by atoms with Gasteiger partial charge in [-0.15, -0.1) is 0 Å². The number of hydrogen-bond donors (Lipinski definition) is 2. The minimum Gasteiger partial charge on any atom is -0.389 e. The molecule has 2 N–H and O–H groups in total. The molecule has 4 bridgehead atoms. The second-order valence-corrected chi connectivity index (χ2v) is 8.34. The van der Waals surface area contributed by atoms with Gasteiger partial charge in [0.25, 0.3) is 0 Å². The van der Waals surface area contributed by atoms with E-state index in [1.54, 1.807) is 0 Å². The molecule has 0 aromatic carbocycles. The van der Waals surface area contributed by atoms with Crippen molar-refractivity contribution >= 4 is 0 Å². The molecule has 0 aromatic rings. The van der Waals surface area contributed by atoms with Gasteiger partial charge in [0.05, 0.1) is 5.60 Å².